The highest BCUT2D eigenvalue weighted by atomic mass is 32.2. The molecular formula is C14H22N4O2S. The van der Waals surface area contributed by atoms with Crippen LogP contribution in [0.2, 0.25) is 0 Å². The summed E-state index contributed by atoms with van der Waals surface area (Å²) in [6.07, 6.45) is 6.80. The number of rotatable bonds is 4. The van der Waals surface area contributed by atoms with Crippen LogP contribution in [-0.4, -0.2) is 58.8 Å². The summed E-state index contributed by atoms with van der Waals surface area (Å²) in [6.45, 7) is 4.46. The minimum Gasteiger partial charge on any atom is -0.298 e. The van der Waals surface area contributed by atoms with Crippen LogP contribution in [-0.2, 0) is 23.6 Å². The van der Waals surface area contributed by atoms with Crippen LogP contribution in [0.15, 0.2) is 12.4 Å². The molecule has 1 aromatic heterocycles. The number of aromatic nitrogens is 2. The Morgan fingerprint density at radius 1 is 1.33 bits per heavy atom. The number of nitrogens with zero attached hydrogens (tertiary/aromatic N) is 4. The lowest BCUT2D eigenvalue weighted by Gasteiger charge is -2.47. The van der Waals surface area contributed by atoms with Gasteiger partial charge in [0, 0.05) is 50.4 Å². The molecule has 0 atom stereocenters. The standard InChI is InChI=1S/C14H22N4O2S/c1-16-7-12(6-15-16)8-17-5-4-14(9-17)10-18(11-14)21(19,20)13-2-3-13/h6-7,13H,2-5,8-11H2,1H3. The summed E-state index contributed by atoms with van der Waals surface area (Å²) in [5.41, 5.74) is 1.45. The Labute approximate surface area is 125 Å². The molecule has 0 aromatic carbocycles. The second-order valence-electron chi connectivity index (χ2n) is 7.00. The summed E-state index contributed by atoms with van der Waals surface area (Å²) >= 11 is 0. The van der Waals surface area contributed by atoms with E-state index in [0.717, 1.165) is 52.0 Å². The van der Waals surface area contributed by atoms with Crippen molar-refractivity contribution < 1.29 is 8.42 Å². The molecule has 0 amide bonds. The summed E-state index contributed by atoms with van der Waals surface area (Å²) in [5, 5.41) is 4.14. The Morgan fingerprint density at radius 3 is 2.71 bits per heavy atom. The normalized spacial score (nSPS) is 26.3. The lowest BCUT2D eigenvalue weighted by molar-refractivity contribution is 0.0768. The van der Waals surface area contributed by atoms with Crippen molar-refractivity contribution in [2.45, 2.75) is 31.1 Å². The average Bonchev–Trinajstić information content (AvgIpc) is 3.06. The first-order valence-electron chi connectivity index (χ1n) is 7.66. The Morgan fingerprint density at radius 2 is 2.10 bits per heavy atom. The SMILES string of the molecule is Cn1cc(CN2CCC3(C2)CN(S(=O)(=O)C2CC2)C3)cn1. The Bertz CT molecular complexity index is 644. The fraction of sp³-hybridized carbons (Fsp3) is 0.786. The van der Waals surface area contributed by atoms with Gasteiger partial charge in [0.15, 0.2) is 0 Å². The largest absolute Gasteiger partial charge is 0.298 e. The van der Waals surface area contributed by atoms with Crippen LogP contribution in [0.4, 0.5) is 0 Å². The summed E-state index contributed by atoms with van der Waals surface area (Å²) in [6, 6.07) is 0. The molecule has 7 heteroatoms. The maximum atomic E-state index is 12.2. The highest BCUT2D eigenvalue weighted by molar-refractivity contribution is 7.90. The van der Waals surface area contributed by atoms with Gasteiger partial charge in [-0.1, -0.05) is 0 Å². The molecule has 1 aliphatic carbocycles. The van der Waals surface area contributed by atoms with E-state index < -0.39 is 10.0 Å². The van der Waals surface area contributed by atoms with Crippen LogP contribution in [0.25, 0.3) is 0 Å². The lowest BCUT2D eigenvalue weighted by Crippen LogP contribution is -2.60. The van der Waals surface area contributed by atoms with E-state index in [1.165, 1.54) is 5.56 Å². The van der Waals surface area contributed by atoms with Crippen molar-refractivity contribution in [3.63, 3.8) is 0 Å². The minimum absolute atomic E-state index is 0.0669. The Kier molecular flexibility index (Phi) is 2.96. The van der Waals surface area contributed by atoms with Gasteiger partial charge in [0.1, 0.15) is 0 Å². The van der Waals surface area contributed by atoms with Gasteiger partial charge in [0.05, 0.1) is 11.4 Å². The first kappa shape index (κ1) is 13.7. The fourth-order valence-electron chi connectivity index (χ4n) is 3.69. The first-order valence-corrected chi connectivity index (χ1v) is 9.16. The van der Waals surface area contributed by atoms with E-state index in [4.69, 9.17) is 0 Å². The third-order valence-electron chi connectivity index (χ3n) is 5.01. The van der Waals surface area contributed by atoms with Gasteiger partial charge in [-0.15, -0.1) is 0 Å². The smallest absolute Gasteiger partial charge is 0.217 e. The van der Waals surface area contributed by atoms with Crippen molar-refractivity contribution >= 4 is 10.0 Å². The van der Waals surface area contributed by atoms with Gasteiger partial charge in [0.2, 0.25) is 10.0 Å². The van der Waals surface area contributed by atoms with Crippen LogP contribution in [0.1, 0.15) is 24.8 Å². The van der Waals surface area contributed by atoms with Gasteiger partial charge < -0.3 is 0 Å². The maximum Gasteiger partial charge on any atom is 0.217 e. The number of hydrogen-bond donors (Lipinski definition) is 0. The molecule has 1 aromatic rings. The first-order chi connectivity index (χ1) is 9.97. The molecule has 2 aliphatic heterocycles. The summed E-state index contributed by atoms with van der Waals surface area (Å²) in [7, 11) is -1.03. The Hall–Kier alpha value is -0.920. The van der Waals surface area contributed by atoms with Gasteiger partial charge in [-0.2, -0.15) is 5.10 Å². The molecule has 1 spiro atoms. The molecule has 3 heterocycles. The molecule has 3 fully saturated rings. The Balaban J connectivity index is 1.35. The van der Waals surface area contributed by atoms with E-state index in [9.17, 15) is 8.42 Å². The number of aryl methyl sites for hydroxylation is 1. The molecule has 0 unspecified atom stereocenters. The highest BCUT2D eigenvalue weighted by Gasteiger charge is 2.54. The van der Waals surface area contributed by atoms with Crippen molar-refractivity contribution in [2.75, 3.05) is 26.2 Å². The predicted octanol–water partition coefficient (Wildman–Crippen LogP) is 0.420. The number of hydrogen-bond acceptors (Lipinski definition) is 4. The van der Waals surface area contributed by atoms with Crippen LogP contribution in [0.5, 0.6) is 0 Å². The topological polar surface area (TPSA) is 58.4 Å². The summed E-state index contributed by atoms with van der Waals surface area (Å²) in [4.78, 5) is 2.43. The van der Waals surface area contributed by atoms with E-state index in [1.54, 1.807) is 4.31 Å². The number of likely N-dealkylation sites (tertiary alicyclic amines) is 1. The van der Waals surface area contributed by atoms with Crippen molar-refractivity contribution in [1.82, 2.24) is 19.0 Å². The lowest BCUT2D eigenvalue weighted by atomic mass is 9.81. The molecule has 116 valence electrons. The summed E-state index contributed by atoms with van der Waals surface area (Å²) in [5.74, 6) is 0. The molecule has 2 saturated heterocycles. The molecule has 0 N–H and O–H groups in total. The molecule has 21 heavy (non-hydrogen) atoms. The minimum atomic E-state index is -2.96. The van der Waals surface area contributed by atoms with Crippen molar-refractivity contribution in [1.29, 1.82) is 0 Å². The fourth-order valence-corrected chi connectivity index (χ4v) is 5.75. The monoisotopic (exact) mass is 310 g/mol. The molecular weight excluding hydrogens is 288 g/mol. The number of sulfonamides is 1. The van der Waals surface area contributed by atoms with Gasteiger partial charge in [-0.3, -0.25) is 9.58 Å². The average molecular weight is 310 g/mol. The molecule has 3 aliphatic rings. The zero-order valence-corrected chi connectivity index (χ0v) is 13.2. The second kappa shape index (κ2) is 4.54. The van der Waals surface area contributed by atoms with E-state index >= 15 is 0 Å². The van der Waals surface area contributed by atoms with Crippen molar-refractivity contribution in [2.24, 2.45) is 12.5 Å². The second-order valence-corrected chi connectivity index (χ2v) is 9.21. The zero-order chi connectivity index (χ0) is 14.7. The van der Waals surface area contributed by atoms with Gasteiger partial charge in [0.25, 0.3) is 0 Å². The summed E-state index contributed by atoms with van der Waals surface area (Å²) < 4.78 is 27.9. The maximum absolute atomic E-state index is 12.2. The van der Waals surface area contributed by atoms with Crippen LogP contribution >= 0.6 is 0 Å². The highest BCUT2D eigenvalue weighted by Crippen LogP contribution is 2.44. The van der Waals surface area contributed by atoms with E-state index in [-0.39, 0.29) is 10.7 Å². The molecule has 1 saturated carbocycles. The third-order valence-corrected chi connectivity index (χ3v) is 7.30. The van der Waals surface area contributed by atoms with Gasteiger partial charge in [-0.05, 0) is 25.8 Å². The predicted molar refractivity (Wildman–Crippen MR) is 79.0 cm³/mol. The zero-order valence-electron chi connectivity index (χ0n) is 12.4. The van der Waals surface area contributed by atoms with Gasteiger partial charge in [-0.25, -0.2) is 12.7 Å². The van der Waals surface area contributed by atoms with Crippen LogP contribution < -0.4 is 0 Å². The molecule has 6 nitrogen and oxygen atoms in total. The molecule has 0 bridgehead atoms. The quantitative estimate of drug-likeness (QED) is 0.809. The molecule has 0 radical (unpaired) electrons. The van der Waals surface area contributed by atoms with E-state index in [1.807, 2.05) is 17.9 Å². The third kappa shape index (κ3) is 2.41. The van der Waals surface area contributed by atoms with Gasteiger partial charge >= 0.3 is 0 Å². The van der Waals surface area contributed by atoms with E-state index in [2.05, 4.69) is 16.2 Å². The van der Waals surface area contributed by atoms with Crippen LogP contribution in [0.3, 0.4) is 0 Å². The van der Waals surface area contributed by atoms with Crippen molar-refractivity contribution in [3.05, 3.63) is 18.0 Å². The van der Waals surface area contributed by atoms with Crippen molar-refractivity contribution in [3.8, 4) is 0 Å². The molecule has 4 rings (SSSR count). The van der Waals surface area contributed by atoms with E-state index in [0.29, 0.717) is 0 Å². The van der Waals surface area contributed by atoms with Crippen LogP contribution in [0, 0.1) is 5.41 Å².